The van der Waals surface area contributed by atoms with Crippen LogP contribution in [0.15, 0.2) is 30.6 Å². The van der Waals surface area contributed by atoms with Gasteiger partial charge < -0.3 is 11.1 Å². The van der Waals surface area contributed by atoms with Crippen LogP contribution in [0.25, 0.3) is 0 Å². The van der Waals surface area contributed by atoms with Gasteiger partial charge in [0.25, 0.3) is 0 Å². The third kappa shape index (κ3) is 2.90. The van der Waals surface area contributed by atoms with Crippen LogP contribution < -0.4 is 11.1 Å². The Balaban J connectivity index is 2.04. The number of nitrogen functional groups attached to an aromatic ring is 1. The molecule has 1 aromatic carbocycles. The van der Waals surface area contributed by atoms with E-state index in [0.717, 1.165) is 23.5 Å². The van der Waals surface area contributed by atoms with E-state index in [2.05, 4.69) is 15.3 Å². The predicted molar refractivity (Wildman–Crippen MR) is 74.6 cm³/mol. The first-order valence-corrected chi connectivity index (χ1v) is 6.16. The van der Waals surface area contributed by atoms with Crippen LogP contribution in [0.3, 0.4) is 0 Å². The Kier molecular flexibility index (Phi) is 3.99. The third-order valence-corrected chi connectivity index (χ3v) is 3.10. The first-order chi connectivity index (χ1) is 8.70. The molecule has 0 unspecified atom stereocenters. The summed E-state index contributed by atoms with van der Waals surface area (Å²) in [5, 5.41) is 3.75. The van der Waals surface area contributed by atoms with Gasteiger partial charge in [0.15, 0.2) is 0 Å². The van der Waals surface area contributed by atoms with Crippen molar-refractivity contribution in [1.82, 2.24) is 9.97 Å². The Bertz CT molecular complexity index is 525. The predicted octanol–water partition coefficient (Wildman–Crippen LogP) is 2.89. The lowest BCUT2D eigenvalue weighted by molar-refractivity contribution is 0.988. The number of aryl methyl sites for hydroxylation is 1. The molecule has 18 heavy (non-hydrogen) atoms. The van der Waals surface area contributed by atoms with Gasteiger partial charge in [0.1, 0.15) is 5.82 Å². The van der Waals surface area contributed by atoms with Crippen molar-refractivity contribution in [1.29, 1.82) is 0 Å². The first-order valence-electron chi connectivity index (χ1n) is 5.78. The van der Waals surface area contributed by atoms with E-state index >= 15 is 0 Å². The van der Waals surface area contributed by atoms with Gasteiger partial charge in [-0.1, -0.05) is 30.7 Å². The monoisotopic (exact) mass is 262 g/mol. The van der Waals surface area contributed by atoms with Crippen LogP contribution in [0, 0.1) is 0 Å². The van der Waals surface area contributed by atoms with Gasteiger partial charge in [-0.25, -0.2) is 4.98 Å². The Morgan fingerprint density at radius 2 is 2.11 bits per heavy atom. The molecule has 94 valence electrons. The highest BCUT2D eigenvalue weighted by Crippen LogP contribution is 2.23. The number of anilines is 2. The molecule has 0 spiro atoms. The minimum Gasteiger partial charge on any atom is -0.398 e. The summed E-state index contributed by atoms with van der Waals surface area (Å²) < 4.78 is 0. The first kappa shape index (κ1) is 12.6. The second-order valence-corrected chi connectivity index (χ2v) is 4.30. The minimum absolute atomic E-state index is 0.573. The summed E-state index contributed by atoms with van der Waals surface area (Å²) in [6, 6.07) is 5.59. The van der Waals surface area contributed by atoms with Crippen LogP contribution >= 0.6 is 11.6 Å². The topological polar surface area (TPSA) is 63.8 Å². The number of hydrogen-bond acceptors (Lipinski definition) is 4. The molecule has 2 aromatic rings. The number of nitrogens with zero attached hydrogens (tertiary/aromatic N) is 2. The highest BCUT2D eigenvalue weighted by Gasteiger charge is 2.03. The van der Waals surface area contributed by atoms with Crippen molar-refractivity contribution < 1.29 is 0 Å². The van der Waals surface area contributed by atoms with Gasteiger partial charge >= 0.3 is 0 Å². The largest absolute Gasteiger partial charge is 0.398 e. The standard InChI is InChI=1S/C13H15ClN4/c1-2-10-7-18-12(8-16-10)17-6-9-4-3-5-11(15)13(9)14/h3-5,7-8H,2,6,15H2,1H3,(H,17,18). The zero-order chi connectivity index (χ0) is 13.0. The maximum atomic E-state index is 6.11. The molecule has 0 aliphatic rings. The minimum atomic E-state index is 0.573. The number of nitrogens with one attached hydrogen (secondary N) is 1. The lowest BCUT2D eigenvalue weighted by Gasteiger charge is -2.08. The van der Waals surface area contributed by atoms with Gasteiger partial charge in [0, 0.05) is 6.54 Å². The molecule has 0 aliphatic carbocycles. The molecule has 2 rings (SSSR count). The number of hydrogen-bond donors (Lipinski definition) is 2. The van der Waals surface area contributed by atoms with Gasteiger partial charge in [-0.2, -0.15) is 0 Å². The zero-order valence-electron chi connectivity index (χ0n) is 10.2. The molecule has 0 saturated heterocycles. The smallest absolute Gasteiger partial charge is 0.144 e. The summed E-state index contributed by atoms with van der Waals surface area (Å²) in [5.74, 6) is 0.727. The maximum Gasteiger partial charge on any atom is 0.144 e. The van der Waals surface area contributed by atoms with Crippen LogP contribution in [0.1, 0.15) is 18.2 Å². The van der Waals surface area contributed by atoms with E-state index in [1.165, 1.54) is 0 Å². The maximum absolute atomic E-state index is 6.11. The van der Waals surface area contributed by atoms with Gasteiger partial charge in [-0.3, -0.25) is 4.98 Å². The molecule has 4 nitrogen and oxygen atoms in total. The van der Waals surface area contributed by atoms with E-state index in [4.69, 9.17) is 17.3 Å². The molecule has 1 aromatic heterocycles. The average Bonchev–Trinajstić information content (AvgIpc) is 2.41. The lowest BCUT2D eigenvalue weighted by Crippen LogP contribution is -2.04. The van der Waals surface area contributed by atoms with Crippen molar-refractivity contribution in [2.75, 3.05) is 11.1 Å². The third-order valence-electron chi connectivity index (χ3n) is 2.64. The Hall–Kier alpha value is -1.81. The molecule has 0 bridgehead atoms. The van der Waals surface area contributed by atoms with Crippen LogP contribution in [0.2, 0.25) is 5.02 Å². The van der Waals surface area contributed by atoms with Crippen molar-refractivity contribution in [3.63, 3.8) is 0 Å². The summed E-state index contributed by atoms with van der Waals surface area (Å²) in [6.07, 6.45) is 4.37. The fourth-order valence-corrected chi connectivity index (χ4v) is 1.74. The summed E-state index contributed by atoms with van der Waals surface area (Å²) in [7, 11) is 0. The van der Waals surface area contributed by atoms with Gasteiger partial charge in [-0.05, 0) is 18.1 Å². The van der Waals surface area contributed by atoms with Crippen LogP contribution in [-0.2, 0) is 13.0 Å². The van der Waals surface area contributed by atoms with E-state index in [1.807, 2.05) is 19.1 Å². The zero-order valence-corrected chi connectivity index (χ0v) is 10.9. The van der Waals surface area contributed by atoms with E-state index in [-0.39, 0.29) is 0 Å². The van der Waals surface area contributed by atoms with E-state index in [1.54, 1.807) is 18.5 Å². The Labute approximate surface area is 111 Å². The second kappa shape index (κ2) is 5.69. The molecular formula is C13H15ClN4. The molecular weight excluding hydrogens is 248 g/mol. The highest BCUT2D eigenvalue weighted by molar-refractivity contribution is 6.33. The summed E-state index contributed by atoms with van der Waals surface area (Å²) in [6.45, 7) is 2.62. The molecule has 0 atom stereocenters. The van der Waals surface area contributed by atoms with Crippen LogP contribution in [0.4, 0.5) is 11.5 Å². The lowest BCUT2D eigenvalue weighted by atomic mass is 10.2. The van der Waals surface area contributed by atoms with Gasteiger partial charge in [0.2, 0.25) is 0 Å². The van der Waals surface area contributed by atoms with E-state index < -0.39 is 0 Å². The van der Waals surface area contributed by atoms with Crippen molar-refractivity contribution in [2.45, 2.75) is 19.9 Å². The number of aromatic nitrogens is 2. The fraction of sp³-hybridized carbons (Fsp3) is 0.231. The normalized spacial score (nSPS) is 10.3. The number of nitrogens with two attached hydrogens (primary N) is 1. The molecule has 3 N–H and O–H groups in total. The molecule has 1 heterocycles. The Morgan fingerprint density at radius 1 is 1.28 bits per heavy atom. The van der Waals surface area contributed by atoms with E-state index in [9.17, 15) is 0 Å². The molecule has 0 aliphatic heterocycles. The van der Waals surface area contributed by atoms with Crippen molar-refractivity contribution in [3.8, 4) is 0 Å². The van der Waals surface area contributed by atoms with Gasteiger partial charge in [0.05, 0.1) is 28.8 Å². The van der Waals surface area contributed by atoms with Crippen molar-refractivity contribution >= 4 is 23.1 Å². The Morgan fingerprint density at radius 3 is 2.78 bits per heavy atom. The highest BCUT2D eigenvalue weighted by atomic mass is 35.5. The average molecular weight is 263 g/mol. The molecule has 0 radical (unpaired) electrons. The summed E-state index contributed by atoms with van der Waals surface area (Å²) >= 11 is 6.11. The molecule has 0 fully saturated rings. The molecule has 0 saturated carbocycles. The van der Waals surface area contributed by atoms with Crippen LogP contribution in [-0.4, -0.2) is 9.97 Å². The fourth-order valence-electron chi connectivity index (χ4n) is 1.55. The second-order valence-electron chi connectivity index (χ2n) is 3.92. The van der Waals surface area contributed by atoms with Gasteiger partial charge in [-0.15, -0.1) is 0 Å². The molecule has 5 heteroatoms. The number of halogens is 1. The number of benzene rings is 1. The molecule has 0 amide bonds. The number of rotatable bonds is 4. The van der Waals surface area contributed by atoms with Crippen molar-refractivity contribution in [3.05, 3.63) is 46.9 Å². The SMILES string of the molecule is CCc1cnc(NCc2cccc(N)c2Cl)cn1. The summed E-state index contributed by atoms with van der Waals surface area (Å²) in [5.41, 5.74) is 8.24. The quantitative estimate of drug-likeness (QED) is 0.832. The summed E-state index contributed by atoms with van der Waals surface area (Å²) in [4.78, 5) is 8.54. The van der Waals surface area contributed by atoms with E-state index in [0.29, 0.717) is 17.3 Å². The van der Waals surface area contributed by atoms with Crippen molar-refractivity contribution in [2.24, 2.45) is 0 Å². The van der Waals surface area contributed by atoms with Crippen LogP contribution in [0.5, 0.6) is 0 Å².